The molecule has 0 atom stereocenters. The van der Waals surface area contributed by atoms with Crippen molar-refractivity contribution in [2.75, 3.05) is 0 Å². The lowest BCUT2D eigenvalue weighted by molar-refractivity contribution is -0.131. The summed E-state index contributed by atoms with van der Waals surface area (Å²) >= 11 is 5.41. The fraction of sp³-hybridized carbons (Fsp3) is 0. The van der Waals surface area contributed by atoms with Crippen molar-refractivity contribution in [3.63, 3.8) is 0 Å². The summed E-state index contributed by atoms with van der Waals surface area (Å²) in [5, 5.41) is 8.26. The van der Waals surface area contributed by atoms with Gasteiger partial charge < -0.3 is 5.11 Å². The van der Waals surface area contributed by atoms with Crippen molar-refractivity contribution in [3.8, 4) is 0 Å². The fourth-order valence-electron chi connectivity index (χ4n) is 0.757. The standard InChI is InChI=1S/C9H7ClO2/c10-8(9(11)12)6-7-4-2-1-3-5-7/h1-6H,(H,11,12)/b8-6+. The molecule has 62 valence electrons. The molecule has 1 rings (SSSR count). The van der Waals surface area contributed by atoms with Crippen LogP contribution in [0, 0.1) is 0 Å². The molecule has 1 aromatic rings. The van der Waals surface area contributed by atoms with Gasteiger partial charge in [-0.25, -0.2) is 4.79 Å². The van der Waals surface area contributed by atoms with Crippen molar-refractivity contribution in [2.45, 2.75) is 0 Å². The molecule has 0 spiro atoms. The first-order valence-electron chi connectivity index (χ1n) is 3.35. The molecule has 0 radical (unpaired) electrons. The van der Waals surface area contributed by atoms with Crippen molar-refractivity contribution < 1.29 is 9.90 Å². The summed E-state index contributed by atoms with van der Waals surface area (Å²) in [5.41, 5.74) is 0.782. The molecule has 0 saturated heterocycles. The molecule has 0 unspecified atom stereocenters. The van der Waals surface area contributed by atoms with Crippen molar-refractivity contribution in [1.29, 1.82) is 0 Å². The number of benzene rings is 1. The third-order valence-electron chi connectivity index (χ3n) is 1.30. The van der Waals surface area contributed by atoms with Crippen LogP contribution < -0.4 is 0 Å². The van der Waals surface area contributed by atoms with Crippen LogP contribution in [0.15, 0.2) is 35.4 Å². The molecule has 0 saturated carbocycles. The van der Waals surface area contributed by atoms with Crippen molar-refractivity contribution in [1.82, 2.24) is 0 Å². The molecule has 12 heavy (non-hydrogen) atoms. The summed E-state index contributed by atoms with van der Waals surface area (Å²) in [7, 11) is 0. The first kappa shape index (κ1) is 8.81. The van der Waals surface area contributed by atoms with Gasteiger partial charge in [0.25, 0.3) is 0 Å². The highest BCUT2D eigenvalue weighted by atomic mass is 35.5. The van der Waals surface area contributed by atoms with Gasteiger partial charge in [0, 0.05) is 0 Å². The van der Waals surface area contributed by atoms with Crippen LogP contribution in [0.1, 0.15) is 5.56 Å². The van der Waals surface area contributed by atoms with Crippen LogP contribution >= 0.6 is 11.6 Å². The Kier molecular flexibility index (Phi) is 2.88. The molecule has 0 amide bonds. The highest BCUT2D eigenvalue weighted by Crippen LogP contribution is 2.09. The van der Waals surface area contributed by atoms with Crippen molar-refractivity contribution in [3.05, 3.63) is 40.9 Å². The van der Waals surface area contributed by atoms with E-state index in [0.29, 0.717) is 0 Å². The topological polar surface area (TPSA) is 37.3 Å². The Bertz CT molecular complexity index is 304. The SMILES string of the molecule is O=C(O)/C(Cl)=C\c1ccccc1. The Labute approximate surface area is 75.1 Å². The molecule has 0 aromatic heterocycles. The molecule has 2 nitrogen and oxygen atoms in total. The zero-order valence-electron chi connectivity index (χ0n) is 6.20. The molecule has 0 aliphatic heterocycles. The molecule has 0 bridgehead atoms. The van der Waals surface area contributed by atoms with Crippen molar-refractivity contribution >= 4 is 23.6 Å². The number of aliphatic carboxylic acids is 1. The highest BCUT2D eigenvalue weighted by molar-refractivity contribution is 6.42. The van der Waals surface area contributed by atoms with E-state index in [1.54, 1.807) is 12.1 Å². The predicted octanol–water partition coefficient (Wildman–Crippen LogP) is 2.35. The van der Waals surface area contributed by atoms with E-state index in [-0.39, 0.29) is 5.03 Å². The zero-order valence-corrected chi connectivity index (χ0v) is 6.95. The first-order valence-corrected chi connectivity index (χ1v) is 3.73. The number of hydrogen-bond acceptors (Lipinski definition) is 1. The summed E-state index contributed by atoms with van der Waals surface area (Å²) < 4.78 is 0. The number of rotatable bonds is 2. The predicted molar refractivity (Wildman–Crippen MR) is 47.9 cm³/mol. The molecular weight excluding hydrogens is 176 g/mol. The third kappa shape index (κ3) is 2.40. The number of carbonyl (C=O) groups is 1. The van der Waals surface area contributed by atoms with Crippen LogP contribution in [0.4, 0.5) is 0 Å². The molecule has 0 fully saturated rings. The maximum atomic E-state index is 10.3. The van der Waals surface area contributed by atoms with E-state index in [1.165, 1.54) is 6.08 Å². The molecule has 3 heteroatoms. The van der Waals surface area contributed by atoms with Crippen LogP contribution in [0.25, 0.3) is 6.08 Å². The van der Waals surface area contributed by atoms with Crippen LogP contribution in [0.3, 0.4) is 0 Å². The van der Waals surface area contributed by atoms with Gasteiger partial charge in [-0.05, 0) is 11.6 Å². The molecular formula is C9H7ClO2. The van der Waals surface area contributed by atoms with Crippen LogP contribution in [0.2, 0.25) is 0 Å². The number of carboxylic acid groups (broad SMARTS) is 1. The maximum absolute atomic E-state index is 10.3. The van der Waals surface area contributed by atoms with Gasteiger partial charge in [-0.2, -0.15) is 0 Å². The Morgan fingerprint density at radius 1 is 1.33 bits per heavy atom. The Morgan fingerprint density at radius 2 is 1.92 bits per heavy atom. The summed E-state index contributed by atoms with van der Waals surface area (Å²) in [5.74, 6) is -1.11. The Hall–Kier alpha value is -1.28. The minimum atomic E-state index is -1.11. The number of carboxylic acids is 1. The summed E-state index contributed by atoms with van der Waals surface area (Å²) in [6.07, 6.45) is 1.41. The van der Waals surface area contributed by atoms with E-state index in [0.717, 1.165) is 5.56 Å². The van der Waals surface area contributed by atoms with Gasteiger partial charge in [0.05, 0.1) is 0 Å². The Balaban J connectivity index is 2.89. The van der Waals surface area contributed by atoms with Gasteiger partial charge in [0.2, 0.25) is 0 Å². The fourth-order valence-corrected chi connectivity index (χ4v) is 0.883. The molecule has 0 aliphatic rings. The quantitative estimate of drug-likeness (QED) is 0.713. The van der Waals surface area contributed by atoms with E-state index in [1.807, 2.05) is 18.2 Å². The minimum absolute atomic E-state index is 0.179. The van der Waals surface area contributed by atoms with Gasteiger partial charge in [-0.1, -0.05) is 41.9 Å². The van der Waals surface area contributed by atoms with Gasteiger partial charge in [-0.15, -0.1) is 0 Å². The lowest BCUT2D eigenvalue weighted by Crippen LogP contribution is -1.92. The summed E-state index contributed by atoms with van der Waals surface area (Å²) in [6.45, 7) is 0. The van der Waals surface area contributed by atoms with Gasteiger partial charge in [-0.3, -0.25) is 0 Å². The number of hydrogen-bond donors (Lipinski definition) is 1. The first-order chi connectivity index (χ1) is 5.70. The maximum Gasteiger partial charge on any atom is 0.347 e. The highest BCUT2D eigenvalue weighted by Gasteiger charge is 2.01. The van der Waals surface area contributed by atoms with E-state index in [2.05, 4.69) is 0 Å². The van der Waals surface area contributed by atoms with E-state index in [9.17, 15) is 4.79 Å². The normalized spacial score (nSPS) is 11.2. The van der Waals surface area contributed by atoms with Crippen LogP contribution in [-0.2, 0) is 4.79 Å². The third-order valence-corrected chi connectivity index (χ3v) is 1.57. The second-order valence-corrected chi connectivity index (χ2v) is 2.62. The van der Waals surface area contributed by atoms with Gasteiger partial charge in [0.1, 0.15) is 5.03 Å². The Morgan fingerprint density at radius 3 is 2.42 bits per heavy atom. The monoisotopic (exact) mass is 182 g/mol. The van der Waals surface area contributed by atoms with Gasteiger partial charge >= 0.3 is 5.97 Å². The van der Waals surface area contributed by atoms with Gasteiger partial charge in [0.15, 0.2) is 0 Å². The zero-order chi connectivity index (χ0) is 8.97. The number of halogens is 1. The lowest BCUT2D eigenvalue weighted by Gasteiger charge is -1.91. The van der Waals surface area contributed by atoms with E-state index in [4.69, 9.17) is 16.7 Å². The smallest absolute Gasteiger partial charge is 0.347 e. The average Bonchev–Trinajstić information content (AvgIpc) is 2.06. The van der Waals surface area contributed by atoms with E-state index >= 15 is 0 Å². The summed E-state index contributed by atoms with van der Waals surface area (Å²) in [6, 6.07) is 9.05. The average molecular weight is 183 g/mol. The van der Waals surface area contributed by atoms with Crippen molar-refractivity contribution in [2.24, 2.45) is 0 Å². The molecule has 1 N–H and O–H groups in total. The molecule has 1 aromatic carbocycles. The second-order valence-electron chi connectivity index (χ2n) is 2.21. The minimum Gasteiger partial charge on any atom is -0.477 e. The molecule has 0 aliphatic carbocycles. The lowest BCUT2D eigenvalue weighted by atomic mass is 10.2. The largest absolute Gasteiger partial charge is 0.477 e. The molecule has 0 heterocycles. The van der Waals surface area contributed by atoms with Crippen LogP contribution in [0.5, 0.6) is 0 Å². The van der Waals surface area contributed by atoms with Crippen LogP contribution in [-0.4, -0.2) is 11.1 Å². The van der Waals surface area contributed by atoms with E-state index < -0.39 is 5.97 Å². The summed E-state index contributed by atoms with van der Waals surface area (Å²) in [4.78, 5) is 10.3. The second kappa shape index (κ2) is 3.93.